The molecule has 0 aliphatic rings. The molecule has 0 aliphatic carbocycles. The van der Waals surface area contributed by atoms with Crippen molar-refractivity contribution in [2.45, 2.75) is 0 Å². The van der Waals surface area contributed by atoms with E-state index in [0.29, 0.717) is 0 Å². The van der Waals surface area contributed by atoms with Crippen molar-refractivity contribution in [1.29, 1.82) is 0 Å². The van der Waals surface area contributed by atoms with Crippen LogP contribution in [0.3, 0.4) is 0 Å². The molecule has 182 valence electrons. The van der Waals surface area contributed by atoms with Gasteiger partial charge in [0, 0.05) is 39.7 Å². The lowest BCUT2D eigenvalue weighted by atomic mass is 10.2. The van der Waals surface area contributed by atoms with Crippen molar-refractivity contribution in [3.63, 3.8) is 0 Å². The monoisotopic (exact) mass is 776 g/mol. The Morgan fingerprint density at radius 2 is 0.778 bits per heavy atom. The van der Waals surface area contributed by atoms with Crippen LogP contribution in [0.15, 0.2) is 147 Å². The van der Waals surface area contributed by atoms with Crippen molar-refractivity contribution in [1.82, 2.24) is 0 Å². The van der Waals surface area contributed by atoms with E-state index in [1.807, 2.05) is 48.5 Å². The summed E-state index contributed by atoms with van der Waals surface area (Å²) in [5, 5.41) is 0. The summed E-state index contributed by atoms with van der Waals surface area (Å²) in [7, 11) is 0. The number of nitrogens with zero attached hydrogens (tertiary/aromatic N) is 1. The Kier molecular flexibility index (Phi) is 12.0. The van der Waals surface area contributed by atoms with Crippen molar-refractivity contribution >= 4 is 93.1 Å². The zero-order chi connectivity index (χ0) is 25.8. The van der Waals surface area contributed by atoms with Crippen LogP contribution in [-0.2, 0) is 0 Å². The molecule has 6 heteroatoms. The standard InChI is InChI=1S/C18H13Br2N.C6H4BrI.C6H7N/c19-14-6-10-17(11-7-14)21(16-4-2-1-3-5-16)18-12-8-15(20)9-13-18;7-5-1-3-6(8)4-2-5;7-6-4-2-1-3-5-6/h1-13H;1-4H;1-5H,7H2. The van der Waals surface area contributed by atoms with Gasteiger partial charge in [0.2, 0.25) is 0 Å². The quantitative estimate of drug-likeness (QED) is 0.146. The van der Waals surface area contributed by atoms with Crippen molar-refractivity contribution in [3.05, 3.63) is 150 Å². The van der Waals surface area contributed by atoms with Gasteiger partial charge in [0.1, 0.15) is 0 Å². The van der Waals surface area contributed by atoms with E-state index in [-0.39, 0.29) is 0 Å². The number of nitrogen functional groups attached to an aromatic ring is 1. The first-order chi connectivity index (χ1) is 17.4. The number of rotatable bonds is 3. The largest absolute Gasteiger partial charge is 0.399 e. The Labute approximate surface area is 252 Å². The molecule has 0 heterocycles. The van der Waals surface area contributed by atoms with Crippen molar-refractivity contribution in [2.75, 3.05) is 10.6 Å². The molecule has 0 saturated heterocycles. The molecule has 0 bridgehead atoms. The maximum Gasteiger partial charge on any atom is 0.0462 e. The van der Waals surface area contributed by atoms with E-state index in [2.05, 4.69) is 160 Å². The van der Waals surface area contributed by atoms with Crippen LogP contribution in [-0.4, -0.2) is 0 Å². The fraction of sp³-hybridized carbons (Fsp3) is 0. The second-order valence-electron chi connectivity index (χ2n) is 7.47. The summed E-state index contributed by atoms with van der Waals surface area (Å²) in [5.41, 5.74) is 9.58. The minimum atomic E-state index is 0.822. The summed E-state index contributed by atoms with van der Waals surface area (Å²) in [5.74, 6) is 0. The van der Waals surface area contributed by atoms with Crippen LogP contribution in [0.5, 0.6) is 0 Å². The smallest absolute Gasteiger partial charge is 0.0462 e. The molecule has 0 atom stereocenters. The Hall–Kier alpha value is -2.13. The third-order valence-electron chi connectivity index (χ3n) is 4.79. The van der Waals surface area contributed by atoms with Gasteiger partial charge in [-0.05, 0) is 120 Å². The number of benzene rings is 5. The molecule has 5 aromatic rings. The van der Waals surface area contributed by atoms with Crippen LogP contribution < -0.4 is 10.6 Å². The number of hydrogen-bond acceptors (Lipinski definition) is 2. The molecule has 0 unspecified atom stereocenters. The molecule has 2 nitrogen and oxygen atoms in total. The minimum absolute atomic E-state index is 0.822. The van der Waals surface area contributed by atoms with Crippen LogP contribution in [0.1, 0.15) is 0 Å². The van der Waals surface area contributed by atoms with Gasteiger partial charge in [0.05, 0.1) is 0 Å². The van der Waals surface area contributed by atoms with Crippen LogP contribution >= 0.6 is 70.4 Å². The molecule has 5 rings (SSSR count). The van der Waals surface area contributed by atoms with Crippen molar-refractivity contribution in [3.8, 4) is 0 Å². The zero-order valence-electron chi connectivity index (χ0n) is 19.2. The van der Waals surface area contributed by atoms with E-state index in [4.69, 9.17) is 5.73 Å². The summed E-state index contributed by atoms with van der Waals surface area (Å²) in [6.45, 7) is 0. The van der Waals surface area contributed by atoms with Crippen LogP contribution in [0.4, 0.5) is 22.7 Å². The molecule has 2 N–H and O–H groups in total. The number of para-hydroxylation sites is 2. The minimum Gasteiger partial charge on any atom is -0.399 e. The van der Waals surface area contributed by atoms with Gasteiger partial charge in [-0.2, -0.15) is 0 Å². The molecule has 0 saturated carbocycles. The highest BCUT2D eigenvalue weighted by Gasteiger charge is 2.11. The van der Waals surface area contributed by atoms with Crippen LogP contribution in [0.2, 0.25) is 0 Å². The first kappa shape index (κ1) is 28.4. The third-order valence-corrected chi connectivity index (χ3v) is 7.09. The number of nitrogens with two attached hydrogens (primary N) is 1. The molecule has 0 aliphatic heterocycles. The third kappa shape index (κ3) is 9.73. The van der Waals surface area contributed by atoms with Crippen LogP contribution in [0.25, 0.3) is 0 Å². The second kappa shape index (κ2) is 15.2. The second-order valence-corrected chi connectivity index (χ2v) is 11.5. The SMILES string of the molecule is Brc1ccc(I)cc1.Brc1ccc(N(c2ccccc2)c2ccc(Br)cc2)cc1.Nc1ccccc1. The molecular weight excluding hydrogens is 755 g/mol. The van der Waals surface area contributed by atoms with E-state index >= 15 is 0 Å². The summed E-state index contributed by atoms with van der Waals surface area (Å²) in [4.78, 5) is 2.24. The molecule has 0 amide bonds. The number of halogens is 4. The highest BCUT2D eigenvalue weighted by atomic mass is 127. The Bertz CT molecular complexity index is 1230. The zero-order valence-corrected chi connectivity index (χ0v) is 26.2. The van der Waals surface area contributed by atoms with E-state index in [0.717, 1.165) is 36.2 Å². The lowest BCUT2D eigenvalue weighted by Crippen LogP contribution is -2.09. The average Bonchev–Trinajstić information content (AvgIpc) is 2.90. The van der Waals surface area contributed by atoms with E-state index in [1.165, 1.54) is 3.57 Å². The predicted octanol–water partition coefficient (Wildman–Crippen LogP) is 11.0. The first-order valence-electron chi connectivity index (χ1n) is 11.0. The average molecular weight is 779 g/mol. The van der Waals surface area contributed by atoms with Gasteiger partial charge in [-0.25, -0.2) is 0 Å². The molecule has 0 radical (unpaired) electrons. The van der Waals surface area contributed by atoms with Gasteiger partial charge in [0.25, 0.3) is 0 Å². The fourth-order valence-electron chi connectivity index (χ4n) is 3.09. The topological polar surface area (TPSA) is 29.3 Å². The molecule has 0 aromatic heterocycles. The Morgan fingerprint density at radius 3 is 1.11 bits per heavy atom. The van der Waals surface area contributed by atoms with Gasteiger partial charge in [-0.15, -0.1) is 0 Å². The van der Waals surface area contributed by atoms with Crippen molar-refractivity contribution < 1.29 is 0 Å². The Morgan fingerprint density at radius 1 is 0.444 bits per heavy atom. The van der Waals surface area contributed by atoms with Gasteiger partial charge in [0.15, 0.2) is 0 Å². The molecule has 0 spiro atoms. The molecule has 36 heavy (non-hydrogen) atoms. The first-order valence-corrected chi connectivity index (χ1v) is 14.5. The summed E-state index contributed by atoms with van der Waals surface area (Å²) in [6.07, 6.45) is 0. The van der Waals surface area contributed by atoms with E-state index < -0.39 is 0 Å². The highest BCUT2D eigenvalue weighted by Crippen LogP contribution is 2.35. The molecule has 5 aromatic carbocycles. The summed E-state index contributed by atoms with van der Waals surface area (Å²) in [6, 6.07) is 44.7. The van der Waals surface area contributed by atoms with Gasteiger partial charge in [-0.3, -0.25) is 0 Å². The van der Waals surface area contributed by atoms with Crippen molar-refractivity contribution in [2.24, 2.45) is 0 Å². The van der Waals surface area contributed by atoms with Gasteiger partial charge in [-0.1, -0.05) is 84.2 Å². The normalized spacial score (nSPS) is 9.78. The molecule has 0 fully saturated rings. The highest BCUT2D eigenvalue weighted by molar-refractivity contribution is 14.1. The Balaban J connectivity index is 0.000000196. The van der Waals surface area contributed by atoms with E-state index in [1.54, 1.807) is 0 Å². The lowest BCUT2D eigenvalue weighted by Gasteiger charge is -2.25. The molecular formula is C30H24Br3IN2. The summed E-state index contributed by atoms with van der Waals surface area (Å²) >= 11 is 12.6. The maximum atomic E-state index is 5.36. The number of anilines is 4. The predicted molar refractivity (Wildman–Crippen MR) is 174 cm³/mol. The number of hydrogen-bond donors (Lipinski definition) is 1. The van der Waals surface area contributed by atoms with Gasteiger partial charge >= 0.3 is 0 Å². The summed E-state index contributed by atoms with van der Waals surface area (Å²) < 4.78 is 4.56. The van der Waals surface area contributed by atoms with Gasteiger partial charge < -0.3 is 10.6 Å². The van der Waals surface area contributed by atoms with Crippen LogP contribution in [0, 0.1) is 3.57 Å². The van der Waals surface area contributed by atoms with E-state index in [9.17, 15) is 0 Å². The lowest BCUT2D eigenvalue weighted by molar-refractivity contribution is 1.28. The maximum absolute atomic E-state index is 5.36. The fourth-order valence-corrected chi connectivity index (χ4v) is 4.24.